The molecule has 0 fully saturated rings. The number of thiophene rings is 1. The Morgan fingerprint density at radius 1 is 1.19 bits per heavy atom. The van der Waals surface area contributed by atoms with E-state index in [4.69, 9.17) is 0 Å². The minimum atomic E-state index is -3.41. The third kappa shape index (κ3) is 3.18. The summed E-state index contributed by atoms with van der Waals surface area (Å²) in [5, 5.41) is 3.29. The fourth-order valence-corrected chi connectivity index (χ4v) is 4.76. The smallest absolute Gasteiger partial charge is 0.250 e. The number of benzene rings is 1. The van der Waals surface area contributed by atoms with Crippen molar-refractivity contribution >= 4 is 21.4 Å². The van der Waals surface area contributed by atoms with Crippen LogP contribution in [0.3, 0.4) is 0 Å². The van der Waals surface area contributed by atoms with E-state index in [1.54, 1.807) is 6.07 Å². The summed E-state index contributed by atoms with van der Waals surface area (Å²) in [7, 11) is -3.41. The van der Waals surface area contributed by atoms with Gasteiger partial charge in [0.1, 0.15) is 4.21 Å². The Bertz CT molecular complexity index is 751. The fraction of sp³-hybridized carbons (Fsp3) is 0.333. The van der Waals surface area contributed by atoms with E-state index in [-0.39, 0.29) is 0 Å². The highest BCUT2D eigenvalue weighted by atomic mass is 32.2. The average Bonchev–Trinajstić information content (AvgIpc) is 3.13. The van der Waals surface area contributed by atoms with E-state index in [0.29, 0.717) is 10.8 Å². The number of rotatable bonds is 5. The summed E-state index contributed by atoms with van der Waals surface area (Å²) in [6, 6.07) is 9.68. The third-order valence-electron chi connectivity index (χ3n) is 3.62. The van der Waals surface area contributed by atoms with Crippen LogP contribution in [0.4, 0.5) is 0 Å². The molecule has 6 heteroatoms. The Hall–Kier alpha value is -1.21. The van der Waals surface area contributed by atoms with Crippen LogP contribution < -0.4 is 10.0 Å². The van der Waals surface area contributed by atoms with Crippen molar-refractivity contribution in [3.05, 3.63) is 51.9 Å². The fourth-order valence-electron chi connectivity index (χ4n) is 2.40. The molecule has 0 saturated carbocycles. The topological polar surface area (TPSA) is 58.2 Å². The SMILES string of the molecule is CCc1ccc(S(=O)(=O)NCc2ccc3c(c2)CNC3)s1. The van der Waals surface area contributed by atoms with E-state index in [9.17, 15) is 8.42 Å². The molecule has 3 rings (SSSR count). The average molecular weight is 322 g/mol. The lowest BCUT2D eigenvalue weighted by atomic mass is 10.1. The second kappa shape index (κ2) is 5.88. The number of nitrogens with one attached hydrogen (secondary N) is 2. The predicted molar refractivity (Wildman–Crippen MR) is 84.7 cm³/mol. The summed E-state index contributed by atoms with van der Waals surface area (Å²) < 4.78 is 27.6. The number of hydrogen-bond donors (Lipinski definition) is 2. The Morgan fingerprint density at radius 2 is 2.00 bits per heavy atom. The van der Waals surface area contributed by atoms with Crippen LogP contribution in [0.15, 0.2) is 34.5 Å². The van der Waals surface area contributed by atoms with Gasteiger partial charge >= 0.3 is 0 Å². The van der Waals surface area contributed by atoms with E-state index in [1.165, 1.54) is 22.5 Å². The molecule has 112 valence electrons. The van der Waals surface area contributed by atoms with Gasteiger partial charge < -0.3 is 5.32 Å². The normalized spacial score (nSPS) is 14.3. The number of sulfonamides is 1. The molecule has 2 aromatic rings. The Balaban J connectivity index is 1.71. The summed E-state index contributed by atoms with van der Waals surface area (Å²) in [5.74, 6) is 0. The molecule has 0 radical (unpaired) electrons. The third-order valence-corrected chi connectivity index (χ3v) is 6.74. The van der Waals surface area contributed by atoms with Crippen LogP contribution in [0.1, 0.15) is 28.5 Å². The first-order chi connectivity index (χ1) is 10.1. The first kappa shape index (κ1) is 14.7. The summed E-state index contributed by atoms with van der Waals surface area (Å²) in [4.78, 5) is 1.08. The molecule has 1 aliphatic heterocycles. The van der Waals surface area contributed by atoms with Gasteiger partial charge in [-0.3, -0.25) is 0 Å². The van der Waals surface area contributed by atoms with E-state index >= 15 is 0 Å². The molecule has 0 amide bonds. The van der Waals surface area contributed by atoms with E-state index in [0.717, 1.165) is 30.0 Å². The maximum absolute atomic E-state index is 12.3. The second-order valence-electron chi connectivity index (χ2n) is 5.11. The molecule has 1 aromatic heterocycles. The zero-order valence-electron chi connectivity index (χ0n) is 11.8. The lowest BCUT2D eigenvalue weighted by Crippen LogP contribution is -2.22. The van der Waals surface area contributed by atoms with E-state index < -0.39 is 10.0 Å². The van der Waals surface area contributed by atoms with Crippen molar-refractivity contribution in [1.29, 1.82) is 0 Å². The van der Waals surface area contributed by atoms with Gasteiger partial charge in [0.15, 0.2) is 0 Å². The molecule has 0 saturated heterocycles. The number of hydrogen-bond acceptors (Lipinski definition) is 4. The van der Waals surface area contributed by atoms with Crippen LogP contribution in [0.25, 0.3) is 0 Å². The molecule has 2 heterocycles. The van der Waals surface area contributed by atoms with Crippen LogP contribution >= 0.6 is 11.3 Å². The summed E-state index contributed by atoms with van der Waals surface area (Å²) in [5.41, 5.74) is 3.55. The zero-order chi connectivity index (χ0) is 14.9. The van der Waals surface area contributed by atoms with Gasteiger partial charge in [0.25, 0.3) is 0 Å². The molecule has 0 aliphatic carbocycles. The maximum Gasteiger partial charge on any atom is 0.250 e. The highest BCUT2D eigenvalue weighted by Crippen LogP contribution is 2.22. The van der Waals surface area contributed by atoms with Gasteiger partial charge in [-0.05, 0) is 35.2 Å². The lowest BCUT2D eigenvalue weighted by molar-refractivity contribution is 0.583. The van der Waals surface area contributed by atoms with Crippen molar-refractivity contribution < 1.29 is 8.42 Å². The maximum atomic E-state index is 12.3. The van der Waals surface area contributed by atoms with Gasteiger partial charge in [-0.2, -0.15) is 0 Å². The summed E-state index contributed by atoms with van der Waals surface area (Å²) in [6.45, 7) is 4.11. The Labute approximate surface area is 129 Å². The van der Waals surface area contributed by atoms with Gasteiger partial charge in [0, 0.05) is 24.5 Å². The highest BCUT2D eigenvalue weighted by molar-refractivity contribution is 7.91. The Morgan fingerprint density at radius 3 is 2.76 bits per heavy atom. The van der Waals surface area contributed by atoms with Gasteiger partial charge in [-0.1, -0.05) is 25.1 Å². The van der Waals surface area contributed by atoms with Gasteiger partial charge in [0.2, 0.25) is 10.0 Å². The summed E-state index contributed by atoms with van der Waals surface area (Å²) >= 11 is 1.33. The molecule has 0 unspecified atom stereocenters. The van der Waals surface area contributed by atoms with Crippen molar-refractivity contribution in [3.63, 3.8) is 0 Å². The molecular formula is C15H18N2O2S2. The molecule has 0 bridgehead atoms. The van der Waals surface area contributed by atoms with Crippen LogP contribution in [-0.2, 0) is 36.1 Å². The first-order valence-electron chi connectivity index (χ1n) is 6.98. The largest absolute Gasteiger partial charge is 0.309 e. The van der Waals surface area contributed by atoms with Crippen LogP contribution in [-0.4, -0.2) is 8.42 Å². The highest BCUT2D eigenvalue weighted by Gasteiger charge is 2.17. The molecule has 1 aromatic carbocycles. The monoisotopic (exact) mass is 322 g/mol. The first-order valence-corrected chi connectivity index (χ1v) is 9.28. The van der Waals surface area contributed by atoms with Crippen molar-refractivity contribution in [2.24, 2.45) is 0 Å². The number of fused-ring (bicyclic) bond motifs is 1. The van der Waals surface area contributed by atoms with Crippen molar-refractivity contribution in [2.45, 2.75) is 37.2 Å². The van der Waals surface area contributed by atoms with Crippen molar-refractivity contribution in [2.75, 3.05) is 0 Å². The van der Waals surface area contributed by atoms with E-state index in [1.807, 2.05) is 19.1 Å². The van der Waals surface area contributed by atoms with Crippen LogP contribution in [0.2, 0.25) is 0 Å². The van der Waals surface area contributed by atoms with Gasteiger partial charge in [-0.15, -0.1) is 11.3 Å². The van der Waals surface area contributed by atoms with Crippen LogP contribution in [0, 0.1) is 0 Å². The van der Waals surface area contributed by atoms with E-state index in [2.05, 4.69) is 22.2 Å². The second-order valence-corrected chi connectivity index (χ2v) is 8.27. The molecule has 4 nitrogen and oxygen atoms in total. The molecule has 1 aliphatic rings. The van der Waals surface area contributed by atoms with Gasteiger partial charge in [-0.25, -0.2) is 13.1 Å². The quantitative estimate of drug-likeness (QED) is 0.889. The standard InChI is InChI=1S/C15H18N2O2S2/c1-2-14-5-6-15(20-14)21(18,19)17-8-11-3-4-12-9-16-10-13(12)7-11/h3-7,16-17H,2,8-10H2,1H3. The lowest BCUT2D eigenvalue weighted by Gasteiger charge is -2.06. The van der Waals surface area contributed by atoms with Crippen molar-refractivity contribution in [3.8, 4) is 0 Å². The molecule has 2 N–H and O–H groups in total. The molecule has 0 atom stereocenters. The summed E-state index contributed by atoms with van der Waals surface area (Å²) in [6.07, 6.45) is 0.859. The van der Waals surface area contributed by atoms with Crippen molar-refractivity contribution in [1.82, 2.24) is 10.0 Å². The molecule has 0 spiro atoms. The van der Waals surface area contributed by atoms with Gasteiger partial charge in [0.05, 0.1) is 0 Å². The van der Waals surface area contributed by atoms with Crippen LogP contribution in [0.5, 0.6) is 0 Å². The minimum Gasteiger partial charge on any atom is -0.309 e. The Kier molecular flexibility index (Phi) is 4.12. The predicted octanol–water partition coefficient (Wildman–Crippen LogP) is 2.39. The molecular weight excluding hydrogens is 304 g/mol. The minimum absolute atomic E-state index is 0.328. The molecule has 21 heavy (non-hydrogen) atoms. The zero-order valence-corrected chi connectivity index (χ0v) is 13.5. The number of aryl methyl sites for hydroxylation is 1.